The van der Waals surface area contributed by atoms with Crippen LogP contribution in [-0.4, -0.2) is 23.8 Å². The van der Waals surface area contributed by atoms with Crippen LogP contribution in [-0.2, 0) is 31.4 Å². The van der Waals surface area contributed by atoms with E-state index in [1.54, 1.807) is 6.92 Å². The molecule has 0 aliphatic heterocycles. The molecule has 0 saturated carbocycles. The predicted octanol–water partition coefficient (Wildman–Crippen LogP) is -0.299. The minimum atomic E-state index is -0.440. The van der Waals surface area contributed by atoms with E-state index >= 15 is 0 Å². The van der Waals surface area contributed by atoms with Crippen molar-refractivity contribution in [2.75, 3.05) is 6.61 Å². The minimum absolute atomic E-state index is 0. The van der Waals surface area contributed by atoms with E-state index in [9.17, 15) is 9.59 Å². The summed E-state index contributed by atoms with van der Waals surface area (Å²) >= 11 is 0. The van der Waals surface area contributed by atoms with Gasteiger partial charge >= 0.3 is 5.97 Å². The van der Waals surface area contributed by atoms with Gasteiger partial charge in [0.05, 0.1) is 6.61 Å². The molecule has 0 aliphatic rings. The maximum atomic E-state index is 10.4. The summed E-state index contributed by atoms with van der Waals surface area (Å²) < 4.78 is 4.49. The molecule has 0 aromatic carbocycles. The van der Waals surface area contributed by atoms with Gasteiger partial charge in [-0.25, -0.2) is 0 Å². The fraction of sp³-hybridized carbons (Fsp3) is 0.667. The summed E-state index contributed by atoms with van der Waals surface area (Å²) in [5, 5.41) is 0. The van der Waals surface area contributed by atoms with Gasteiger partial charge < -0.3 is 10.2 Å². The first-order valence-electron chi connectivity index (χ1n) is 2.82. The summed E-state index contributed by atoms with van der Waals surface area (Å²) in [7, 11) is 0. The van der Waals surface area contributed by atoms with Crippen LogP contribution in [0.15, 0.2) is 0 Å². The van der Waals surface area contributed by atoms with Crippen molar-refractivity contribution in [3.8, 4) is 0 Å². The predicted molar refractivity (Wildman–Crippen MR) is 35.5 cm³/mol. The molecule has 0 heterocycles. The van der Waals surface area contributed by atoms with E-state index in [1.807, 2.05) is 0 Å². The van der Waals surface area contributed by atoms with Crippen molar-refractivity contribution in [2.45, 2.75) is 20.3 Å². The van der Waals surface area contributed by atoms with E-state index in [4.69, 9.17) is 0 Å². The number of carbonyl (C=O) groups is 2. The number of ether oxygens (including phenoxy) is 1. The maximum absolute atomic E-state index is 10.4. The molecule has 0 aromatic heterocycles. The second-order valence-corrected chi connectivity index (χ2v) is 1.68. The summed E-state index contributed by atoms with van der Waals surface area (Å²) in [5.74, 6) is -0.599. The van der Waals surface area contributed by atoms with Crippen LogP contribution in [0.5, 0.6) is 0 Å². The van der Waals surface area contributed by atoms with Crippen molar-refractivity contribution in [2.24, 2.45) is 0 Å². The van der Waals surface area contributed by atoms with Gasteiger partial charge in [0.25, 0.3) is 0 Å². The van der Waals surface area contributed by atoms with Crippen LogP contribution in [0, 0.1) is 0 Å². The van der Waals surface area contributed by atoms with Crippen molar-refractivity contribution in [3.05, 3.63) is 0 Å². The molecular weight excluding hydrogens is 200 g/mol. The van der Waals surface area contributed by atoms with Crippen LogP contribution in [0.25, 0.3) is 0 Å². The number of carbonyl (C=O) groups excluding carboxylic acids is 2. The van der Waals surface area contributed by atoms with Crippen molar-refractivity contribution in [1.29, 1.82) is 0 Å². The Hall–Kier alpha value is -0.381. The zero-order valence-electron chi connectivity index (χ0n) is 6.44. The Bertz CT molecular complexity index is 124. The molecule has 71 valence electrons. The van der Waals surface area contributed by atoms with Gasteiger partial charge in [0.1, 0.15) is 12.2 Å². The third kappa shape index (κ3) is 12.7. The van der Waals surface area contributed by atoms with Crippen LogP contribution >= 0.6 is 0 Å². The second kappa shape index (κ2) is 9.62. The largest absolute Gasteiger partial charge is 0.466 e. The molecule has 11 heavy (non-hydrogen) atoms. The third-order valence-corrected chi connectivity index (χ3v) is 0.699. The van der Waals surface area contributed by atoms with Crippen molar-refractivity contribution in [1.82, 2.24) is 0 Å². The van der Waals surface area contributed by atoms with Gasteiger partial charge in [0, 0.05) is 17.1 Å². The Balaban J connectivity index is -0.000000320. The Morgan fingerprint density at radius 1 is 1.36 bits per heavy atom. The van der Waals surface area contributed by atoms with Gasteiger partial charge in [-0.15, -0.1) is 0 Å². The summed E-state index contributed by atoms with van der Waals surface area (Å²) in [5.41, 5.74) is 0. The van der Waals surface area contributed by atoms with E-state index in [-0.39, 0.29) is 34.7 Å². The normalized spacial score (nSPS) is 7.09. The monoisotopic (exact) mass is 211 g/mol. The molecule has 0 fully saturated rings. The van der Waals surface area contributed by atoms with Crippen LogP contribution in [0.1, 0.15) is 20.3 Å². The van der Waals surface area contributed by atoms with Crippen molar-refractivity contribution < 1.29 is 36.9 Å². The maximum Gasteiger partial charge on any atom is 0.313 e. The van der Waals surface area contributed by atoms with Gasteiger partial charge in [-0.05, 0) is 13.8 Å². The molecule has 4 nitrogen and oxygen atoms in total. The van der Waals surface area contributed by atoms with Gasteiger partial charge in [-0.1, -0.05) is 0 Å². The molecule has 0 bridgehead atoms. The first-order valence-corrected chi connectivity index (χ1v) is 2.82. The fourth-order valence-electron chi connectivity index (χ4n) is 0.415. The second-order valence-electron chi connectivity index (χ2n) is 1.68. The third-order valence-electron chi connectivity index (χ3n) is 0.699. The SMILES string of the molecule is CCOC(=O)CC(C)=O.O.[Cu]. The van der Waals surface area contributed by atoms with Crippen LogP contribution < -0.4 is 0 Å². The molecule has 5 heteroatoms. The standard InChI is InChI=1S/C6H10O3.Cu.H2O/c1-3-9-6(8)4-5(2)7;;/h3-4H2,1-2H3;;1H2. The molecule has 0 aromatic rings. The molecule has 0 unspecified atom stereocenters. The van der Waals surface area contributed by atoms with Gasteiger partial charge in [0.15, 0.2) is 0 Å². The number of rotatable bonds is 3. The molecule has 0 saturated heterocycles. The Morgan fingerprint density at radius 3 is 2.09 bits per heavy atom. The molecule has 0 aliphatic carbocycles. The zero-order valence-corrected chi connectivity index (χ0v) is 7.38. The van der Waals surface area contributed by atoms with Crippen molar-refractivity contribution in [3.63, 3.8) is 0 Å². The molecule has 0 spiro atoms. The number of esters is 1. The Labute approximate surface area is 76.1 Å². The van der Waals surface area contributed by atoms with E-state index in [1.165, 1.54) is 6.92 Å². The molecule has 0 atom stereocenters. The van der Waals surface area contributed by atoms with Crippen LogP contribution in [0.3, 0.4) is 0 Å². The molecule has 1 radical (unpaired) electrons. The molecular formula is C6H12CuO4. The van der Waals surface area contributed by atoms with Gasteiger partial charge in [-0.3, -0.25) is 9.59 Å². The summed E-state index contributed by atoms with van der Waals surface area (Å²) in [4.78, 5) is 20.6. The first-order chi connectivity index (χ1) is 4.16. The average molecular weight is 212 g/mol. The van der Waals surface area contributed by atoms with E-state index in [2.05, 4.69) is 4.74 Å². The van der Waals surface area contributed by atoms with E-state index in [0.29, 0.717) is 6.61 Å². The number of hydrogen-bond acceptors (Lipinski definition) is 3. The number of Topliss-reactive ketones (excluding diaryl/α,β-unsaturated/α-hetero) is 1. The molecule has 0 amide bonds. The summed E-state index contributed by atoms with van der Waals surface area (Å²) in [6.45, 7) is 3.40. The fourth-order valence-corrected chi connectivity index (χ4v) is 0.415. The smallest absolute Gasteiger partial charge is 0.313 e. The Morgan fingerprint density at radius 2 is 1.82 bits per heavy atom. The minimum Gasteiger partial charge on any atom is -0.466 e. The number of ketones is 1. The van der Waals surface area contributed by atoms with Gasteiger partial charge in [0.2, 0.25) is 0 Å². The quantitative estimate of drug-likeness (QED) is 0.366. The molecule has 0 rings (SSSR count). The summed E-state index contributed by atoms with van der Waals surface area (Å²) in [6.07, 6.45) is -0.103. The van der Waals surface area contributed by atoms with Gasteiger partial charge in [-0.2, -0.15) is 0 Å². The first kappa shape index (κ1) is 16.9. The topological polar surface area (TPSA) is 74.9 Å². The summed E-state index contributed by atoms with van der Waals surface area (Å²) in [6, 6.07) is 0. The number of hydrogen-bond donors (Lipinski definition) is 0. The van der Waals surface area contributed by atoms with Crippen LogP contribution in [0.4, 0.5) is 0 Å². The van der Waals surface area contributed by atoms with E-state index in [0.717, 1.165) is 0 Å². The van der Waals surface area contributed by atoms with E-state index < -0.39 is 5.97 Å². The van der Waals surface area contributed by atoms with Crippen LogP contribution in [0.2, 0.25) is 0 Å². The zero-order chi connectivity index (χ0) is 7.28. The average Bonchev–Trinajstić information content (AvgIpc) is 1.63. The Kier molecular flexibility index (Phi) is 14.8. The van der Waals surface area contributed by atoms with Crippen molar-refractivity contribution >= 4 is 11.8 Å². The molecule has 2 N–H and O–H groups in total.